The summed E-state index contributed by atoms with van der Waals surface area (Å²) in [4.78, 5) is 22.0. The molecule has 0 saturated heterocycles. The fourth-order valence-electron chi connectivity index (χ4n) is 1.55. The van der Waals surface area contributed by atoms with E-state index in [9.17, 15) is 9.59 Å². The molecule has 0 aliphatic heterocycles. The van der Waals surface area contributed by atoms with Crippen LogP contribution in [0.3, 0.4) is 0 Å². The first-order valence-electron chi connectivity index (χ1n) is 6.09. The van der Waals surface area contributed by atoms with Crippen molar-refractivity contribution in [1.29, 1.82) is 0 Å². The largest absolute Gasteiger partial charge is 0.480 e. The molecule has 0 radical (unpaired) electrons. The molecule has 1 saturated carbocycles. The van der Waals surface area contributed by atoms with Gasteiger partial charge in [0.1, 0.15) is 12.2 Å². The molecule has 0 bridgehead atoms. The van der Waals surface area contributed by atoms with Crippen molar-refractivity contribution >= 4 is 12.0 Å². The maximum absolute atomic E-state index is 11.5. The number of carbonyl (C=O) groups excluding carboxylic acids is 1. The van der Waals surface area contributed by atoms with Gasteiger partial charge >= 0.3 is 12.0 Å². The second-order valence-electron chi connectivity index (χ2n) is 5.15. The summed E-state index contributed by atoms with van der Waals surface area (Å²) in [7, 11) is 0. The van der Waals surface area contributed by atoms with Crippen LogP contribution in [0.15, 0.2) is 6.20 Å². The van der Waals surface area contributed by atoms with Crippen molar-refractivity contribution in [2.75, 3.05) is 6.54 Å². The van der Waals surface area contributed by atoms with E-state index in [-0.39, 0.29) is 24.5 Å². The van der Waals surface area contributed by atoms with Crippen LogP contribution in [0.1, 0.15) is 25.5 Å². The Morgan fingerprint density at radius 1 is 1.47 bits per heavy atom. The number of carboxylic acid groups (broad SMARTS) is 1. The number of nitrogens with one attached hydrogen (secondary N) is 2. The summed E-state index contributed by atoms with van der Waals surface area (Å²) >= 11 is 0. The molecule has 1 fully saturated rings. The zero-order chi connectivity index (χ0) is 13.9. The first-order chi connectivity index (χ1) is 8.97. The molecule has 8 heteroatoms. The average molecular weight is 267 g/mol. The number of hydrogen-bond donors (Lipinski definition) is 3. The fraction of sp³-hybridized carbons (Fsp3) is 0.636. The normalized spacial score (nSPS) is 15.8. The van der Waals surface area contributed by atoms with Crippen LogP contribution in [-0.2, 0) is 17.9 Å². The summed E-state index contributed by atoms with van der Waals surface area (Å²) < 4.78 is 1.21. The molecule has 1 aliphatic carbocycles. The van der Waals surface area contributed by atoms with Crippen molar-refractivity contribution in [2.24, 2.45) is 5.41 Å². The molecule has 3 N–H and O–H groups in total. The van der Waals surface area contributed by atoms with Gasteiger partial charge in [-0.2, -0.15) is 0 Å². The number of urea groups is 1. The first kappa shape index (κ1) is 13.3. The van der Waals surface area contributed by atoms with Crippen LogP contribution < -0.4 is 10.6 Å². The molecule has 1 aliphatic rings. The second kappa shape index (κ2) is 5.25. The summed E-state index contributed by atoms with van der Waals surface area (Å²) in [5.41, 5.74) is 0.788. The minimum atomic E-state index is -0.986. The molecule has 1 heterocycles. The van der Waals surface area contributed by atoms with Gasteiger partial charge in [-0.25, -0.2) is 9.48 Å². The Morgan fingerprint density at radius 2 is 2.21 bits per heavy atom. The van der Waals surface area contributed by atoms with E-state index in [0.717, 1.165) is 12.8 Å². The number of nitrogens with zero attached hydrogens (tertiary/aromatic N) is 3. The lowest BCUT2D eigenvalue weighted by Crippen LogP contribution is -2.37. The zero-order valence-corrected chi connectivity index (χ0v) is 10.7. The Balaban J connectivity index is 1.70. The number of rotatable bonds is 6. The fourth-order valence-corrected chi connectivity index (χ4v) is 1.55. The number of aromatic nitrogens is 3. The van der Waals surface area contributed by atoms with Crippen LogP contribution in [0, 0.1) is 5.41 Å². The lowest BCUT2D eigenvalue weighted by Gasteiger charge is -2.10. The summed E-state index contributed by atoms with van der Waals surface area (Å²) in [6, 6.07) is -0.249. The van der Waals surface area contributed by atoms with E-state index < -0.39 is 5.97 Å². The van der Waals surface area contributed by atoms with Gasteiger partial charge in [-0.3, -0.25) is 4.79 Å². The van der Waals surface area contributed by atoms with Crippen LogP contribution >= 0.6 is 0 Å². The molecule has 8 nitrogen and oxygen atoms in total. The quantitative estimate of drug-likeness (QED) is 0.670. The van der Waals surface area contributed by atoms with Crippen LogP contribution in [0.25, 0.3) is 0 Å². The monoisotopic (exact) mass is 267 g/mol. The number of carboxylic acids is 1. The van der Waals surface area contributed by atoms with Crippen molar-refractivity contribution in [3.63, 3.8) is 0 Å². The molecule has 1 aromatic heterocycles. The Labute approximate surface area is 110 Å². The zero-order valence-electron chi connectivity index (χ0n) is 10.7. The standard InChI is InChI=1S/C11H17N5O3/c1-11(2-3-11)7-13-10(19)12-4-8-5-16(15-14-8)6-9(17)18/h5H,2-4,6-7H2,1H3,(H,17,18)(H2,12,13,19). The number of carbonyl (C=O) groups is 2. The molecular formula is C11H17N5O3. The van der Waals surface area contributed by atoms with Gasteiger partial charge in [0.25, 0.3) is 0 Å². The van der Waals surface area contributed by atoms with Crippen LogP contribution in [0.5, 0.6) is 0 Å². The Hall–Kier alpha value is -2.12. The van der Waals surface area contributed by atoms with Crippen LogP contribution in [0.2, 0.25) is 0 Å². The van der Waals surface area contributed by atoms with Gasteiger partial charge in [-0.1, -0.05) is 12.1 Å². The second-order valence-corrected chi connectivity index (χ2v) is 5.15. The molecule has 2 amide bonds. The van der Waals surface area contributed by atoms with E-state index in [1.807, 2.05) is 0 Å². The third-order valence-corrected chi connectivity index (χ3v) is 3.09. The highest BCUT2D eigenvalue weighted by molar-refractivity contribution is 5.73. The molecule has 0 spiro atoms. The van der Waals surface area contributed by atoms with E-state index in [0.29, 0.717) is 12.2 Å². The molecule has 1 aromatic rings. The number of amides is 2. The SMILES string of the molecule is CC1(CNC(=O)NCc2cn(CC(=O)O)nn2)CC1. The van der Waals surface area contributed by atoms with E-state index in [1.54, 1.807) is 0 Å². The van der Waals surface area contributed by atoms with Gasteiger partial charge < -0.3 is 15.7 Å². The average Bonchev–Trinajstić information content (AvgIpc) is 2.91. The topological polar surface area (TPSA) is 109 Å². The molecule has 2 rings (SSSR count). The van der Waals surface area contributed by atoms with Gasteiger partial charge in [-0.15, -0.1) is 5.10 Å². The van der Waals surface area contributed by atoms with E-state index in [4.69, 9.17) is 5.11 Å². The highest BCUT2D eigenvalue weighted by Crippen LogP contribution is 2.43. The van der Waals surface area contributed by atoms with Crippen molar-refractivity contribution in [3.05, 3.63) is 11.9 Å². The van der Waals surface area contributed by atoms with Gasteiger partial charge in [0, 0.05) is 6.54 Å². The molecular weight excluding hydrogens is 250 g/mol. The Kier molecular flexibility index (Phi) is 3.68. The predicted octanol–water partition coefficient (Wildman–Crippen LogP) is -0.0380. The highest BCUT2D eigenvalue weighted by atomic mass is 16.4. The third-order valence-electron chi connectivity index (χ3n) is 3.09. The molecule has 0 aromatic carbocycles. The minimum absolute atomic E-state index is 0.224. The smallest absolute Gasteiger partial charge is 0.325 e. The van der Waals surface area contributed by atoms with E-state index in [2.05, 4.69) is 27.9 Å². The van der Waals surface area contributed by atoms with Crippen molar-refractivity contribution in [1.82, 2.24) is 25.6 Å². The maximum atomic E-state index is 11.5. The van der Waals surface area contributed by atoms with Gasteiger partial charge in [0.05, 0.1) is 12.7 Å². The summed E-state index contributed by atoms with van der Waals surface area (Å²) in [6.07, 6.45) is 3.80. The number of hydrogen-bond acceptors (Lipinski definition) is 4. The number of aliphatic carboxylic acids is 1. The summed E-state index contributed by atoms with van der Waals surface area (Å²) in [6.45, 7) is 2.79. The first-order valence-corrected chi connectivity index (χ1v) is 6.09. The minimum Gasteiger partial charge on any atom is -0.480 e. The van der Waals surface area contributed by atoms with Gasteiger partial charge in [0.2, 0.25) is 0 Å². The van der Waals surface area contributed by atoms with E-state index in [1.165, 1.54) is 10.9 Å². The predicted molar refractivity (Wildman–Crippen MR) is 65.2 cm³/mol. The summed E-state index contributed by atoms with van der Waals surface area (Å²) in [5.74, 6) is -0.986. The third kappa shape index (κ3) is 4.23. The lowest BCUT2D eigenvalue weighted by molar-refractivity contribution is -0.137. The lowest BCUT2D eigenvalue weighted by atomic mass is 10.1. The van der Waals surface area contributed by atoms with Crippen molar-refractivity contribution in [2.45, 2.75) is 32.9 Å². The van der Waals surface area contributed by atoms with Crippen LogP contribution in [-0.4, -0.2) is 38.6 Å². The summed E-state index contributed by atoms with van der Waals surface area (Å²) in [5, 5.41) is 21.4. The van der Waals surface area contributed by atoms with Gasteiger partial charge in [0.15, 0.2) is 0 Å². The molecule has 104 valence electrons. The van der Waals surface area contributed by atoms with Crippen molar-refractivity contribution < 1.29 is 14.7 Å². The molecule has 0 atom stereocenters. The van der Waals surface area contributed by atoms with Crippen molar-refractivity contribution in [3.8, 4) is 0 Å². The van der Waals surface area contributed by atoms with Gasteiger partial charge in [-0.05, 0) is 18.3 Å². The Bertz CT molecular complexity index is 480. The Morgan fingerprint density at radius 3 is 2.84 bits per heavy atom. The van der Waals surface area contributed by atoms with E-state index >= 15 is 0 Å². The van der Waals surface area contributed by atoms with Crippen LogP contribution in [0.4, 0.5) is 4.79 Å². The highest BCUT2D eigenvalue weighted by Gasteiger charge is 2.37. The molecule has 0 unspecified atom stereocenters. The molecule has 19 heavy (non-hydrogen) atoms. The maximum Gasteiger partial charge on any atom is 0.325 e.